The van der Waals surface area contributed by atoms with E-state index in [4.69, 9.17) is 9.15 Å². The van der Waals surface area contributed by atoms with E-state index in [2.05, 4.69) is 27.8 Å². The minimum Gasteiger partial charge on any atom is -0.438 e. The second kappa shape index (κ2) is 8.22. The van der Waals surface area contributed by atoms with Gasteiger partial charge in [0.2, 0.25) is 5.43 Å². The number of ether oxygens (including phenoxy) is 1. The molecule has 0 saturated carbocycles. The van der Waals surface area contributed by atoms with Crippen molar-refractivity contribution in [3.05, 3.63) is 26.1 Å². The van der Waals surface area contributed by atoms with Crippen LogP contribution in [0.15, 0.2) is 25.1 Å². The molecule has 0 aliphatic rings. The highest BCUT2D eigenvalue weighted by atomic mass is 79.9. The van der Waals surface area contributed by atoms with E-state index in [1.54, 1.807) is 13.2 Å². The highest BCUT2D eigenvalue weighted by Gasteiger charge is 2.13. The van der Waals surface area contributed by atoms with Gasteiger partial charge >= 0.3 is 0 Å². The first-order valence-electron chi connectivity index (χ1n) is 6.69. The number of nitrogens with zero attached hydrogens (tertiary/aromatic N) is 1. The van der Waals surface area contributed by atoms with Crippen LogP contribution in [-0.4, -0.2) is 38.3 Å². The lowest BCUT2D eigenvalue weighted by molar-refractivity contribution is 0.218. The van der Waals surface area contributed by atoms with Gasteiger partial charge in [0, 0.05) is 43.2 Å². The highest BCUT2D eigenvalue weighted by Crippen LogP contribution is 2.30. The van der Waals surface area contributed by atoms with Gasteiger partial charge in [-0.2, -0.15) is 11.8 Å². The third-order valence-corrected chi connectivity index (χ3v) is 5.81. The molecule has 0 amide bonds. The third-order valence-electron chi connectivity index (χ3n) is 3.02. The van der Waals surface area contributed by atoms with Crippen molar-refractivity contribution < 1.29 is 9.15 Å². The smallest absolute Gasteiger partial charge is 0.204 e. The number of fused-ring (bicyclic) bond motifs is 1. The molecule has 2 heterocycles. The first-order chi connectivity index (χ1) is 10.2. The van der Waals surface area contributed by atoms with E-state index < -0.39 is 0 Å². The molecule has 4 nitrogen and oxygen atoms in total. The van der Waals surface area contributed by atoms with Crippen LogP contribution in [0.5, 0.6) is 0 Å². The summed E-state index contributed by atoms with van der Waals surface area (Å²) in [6.45, 7) is 4.48. The van der Waals surface area contributed by atoms with Gasteiger partial charge in [-0.05, 0) is 22.9 Å². The summed E-state index contributed by atoms with van der Waals surface area (Å²) in [5.74, 6) is 2.60. The monoisotopic (exact) mass is 391 g/mol. The molecule has 2 aromatic heterocycles. The number of thioether (sulfide) groups is 1. The molecule has 0 bridgehead atoms. The molecule has 0 aromatic carbocycles. The van der Waals surface area contributed by atoms with Crippen LogP contribution in [0.2, 0.25) is 0 Å². The zero-order valence-corrected chi connectivity index (χ0v) is 15.3. The standard InChI is InChI=1S/C14H18BrNO3S2/c1-3-16(4-6-20-7-5-18-2)12-8-11(17)14-13(19-12)10(15)9-21-14/h8-9H,3-7H2,1-2H3. The maximum atomic E-state index is 12.1. The molecule has 0 aliphatic heterocycles. The van der Waals surface area contributed by atoms with Crippen molar-refractivity contribution in [2.75, 3.05) is 43.2 Å². The number of hydrogen-bond donors (Lipinski definition) is 0. The molecule has 0 atom stereocenters. The number of anilines is 1. The predicted octanol–water partition coefficient (Wildman–Crippen LogP) is 3.82. The lowest BCUT2D eigenvalue weighted by Crippen LogP contribution is -2.26. The topological polar surface area (TPSA) is 42.7 Å². The van der Waals surface area contributed by atoms with Crippen LogP contribution in [0.4, 0.5) is 5.88 Å². The fraction of sp³-hybridized carbons (Fsp3) is 0.500. The molecular formula is C14H18BrNO3S2. The third kappa shape index (κ3) is 4.25. The Morgan fingerprint density at radius 1 is 1.48 bits per heavy atom. The molecule has 2 aromatic rings. The van der Waals surface area contributed by atoms with E-state index in [0.29, 0.717) is 16.2 Å². The van der Waals surface area contributed by atoms with Crippen molar-refractivity contribution in [3.8, 4) is 0 Å². The van der Waals surface area contributed by atoms with Gasteiger partial charge in [-0.15, -0.1) is 11.3 Å². The van der Waals surface area contributed by atoms with E-state index >= 15 is 0 Å². The summed E-state index contributed by atoms with van der Waals surface area (Å²) < 4.78 is 12.4. The molecule has 0 unspecified atom stereocenters. The summed E-state index contributed by atoms with van der Waals surface area (Å²) in [6, 6.07) is 1.59. The Bertz CT molecular complexity index is 641. The van der Waals surface area contributed by atoms with Crippen molar-refractivity contribution in [1.29, 1.82) is 0 Å². The molecular weight excluding hydrogens is 374 g/mol. The Hall–Kier alpha value is -0.500. The number of thiophene rings is 1. The fourth-order valence-electron chi connectivity index (χ4n) is 1.90. The summed E-state index contributed by atoms with van der Waals surface area (Å²) >= 11 is 6.67. The van der Waals surface area contributed by atoms with Crippen molar-refractivity contribution in [3.63, 3.8) is 0 Å². The second-order valence-electron chi connectivity index (χ2n) is 4.38. The van der Waals surface area contributed by atoms with Gasteiger partial charge in [0.25, 0.3) is 0 Å². The van der Waals surface area contributed by atoms with Crippen LogP contribution in [-0.2, 0) is 4.74 Å². The molecule has 7 heteroatoms. The number of halogens is 1. The average Bonchev–Trinajstić information content (AvgIpc) is 2.85. The summed E-state index contributed by atoms with van der Waals surface area (Å²) in [5.41, 5.74) is 0.667. The summed E-state index contributed by atoms with van der Waals surface area (Å²) in [5, 5.41) is 1.89. The molecule has 0 radical (unpaired) electrons. The van der Waals surface area contributed by atoms with Crippen LogP contribution >= 0.6 is 39.0 Å². The molecule has 2 rings (SSSR count). The van der Waals surface area contributed by atoms with Gasteiger partial charge in [0.05, 0.1) is 11.1 Å². The molecule has 0 N–H and O–H groups in total. The maximum Gasteiger partial charge on any atom is 0.204 e. The first kappa shape index (κ1) is 16.9. The van der Waals surface area contributed by atoms with Gasteiger partial charge in [0.15, 0.2) is 11.5 Å². The molecule has 0 saturated heterocycles. The Balaban J connectivity index is 2.10. The molecule has 0 spiro atoms. The lowest BCUT2D eigenvalue weighted by atomic mass is 10.4. The van der Waals surface area contributed by atoms with Crippen molar-refractivity contribution in [2.24, 2.45) is 0 Å². The molecule has 116 valence electrons. The Morgan fingerprint density at radius 2 is 2.29 bits per heavy atom. The van der Waals surface area contributed by atoms with Gasteiger partial charge in [-0.1, -0.05) is 0 Å². The van der Waals surface area contributed by atoms with Crippen LogP contribution in [0.25, 0.3) is 10.3 Å². The van der Waals surface area contributed by atoms with Crippen LogP contribution in [0.3, 0.4) is 0 Å². The average molecular weight is 392 g/mol. The summed E-state index contributed by atoms with van der Waals surface area (Å²) in [7, 11) is 1.71. The first-order valence-corrected chi connectivity index (χ1v) is 9.52. The minimum atomic E-state index is 0.0208. The lowest BCUT2D eigenvalue weighted by Gasteiger charge is -2.20. The van der Waals surface area contributed by atoms with Gasteiger partial charge in [-0.25, -0.2) is 0 Å². The maximum absolute atomic E-state index is 12.1. The summed E-state index contributed by atoms with van der Waals surface area (Å²) in [4.78, 5) is 14.2. The summed E-state index contributed by atoms with van der Waals surface area (Å²) in [6.07, 6.45) is 0. The zero-order valence-electron chi connectivity index (χ0n) is 12.1. The number of rotatable bonds is 8. The van der Waals surface area contributed by atoms with Gasteiger partial charge in [-0.3, -0.25) is 4.79 Å². The van der Waals surface area contributed by atoms with E-state index in [1.807, 2.05) is 17.1 Å². The van der Waals surface area contributed by atoms with E-state index in [0.717, 1.165) is 35.7 Å². The highest BCUT2D eigenvalue weighted by molar-refractivity contribution is 9.10. The van der Waals surface area contributed by atoms with Crippen LogP contribution in [0.1, 0.15) is 6.92 Å². The van der Waals surface area contributed by atoms with E-state index in [1.165, 1.54) is 11.3 Å². The van der Waals surface area contributed by atoms with E-state index in [-0.39, 0.29) is 5.43 Å². The van der Waals surface area contributed by atoms with Crippen molar-refractivity contribution in [2.45, 2.75) is 6.92 Å². The molecule has 0 aliphatic carbocycles. The molecule has 0 fully saturated rings. The zero-order chi connectivity index (χ0) is 15.2. The second-order valence-corrected chi connectivity index (χ2v) is 7.33. The van der Waals surface area contributed by atoms with Crippen molar-refractivity contribution in [1.82, 2.24) is 0 Å². The fourth-order valence-corrected chi connectivity index (χ4v) is 4.19. The van der Waals surface area contributed by atoms with Gasteiger partial charge in [0.1, 0.15) is 4.70 Å². The number of methoxy groups -OCH3 is 1. The Kier molecular flexibility index (Phi) is 6.60. The minimum absolute atomic E-state index is 0.0208. The van der Waals surface area contributed by atoms with Gasteiger partial charge < -0.3 is 14.1 Å². The van der Waals surface area contributed by atoms with E-state index in [9.17, 15) is 4.79 Å². The normalized spacial score (nSPS) is 11.2. The number of hydrogen-bond acceptors (Lipinski definition) is 6. The molecule has 21 heavy (non-hydrogen) atoms. The van der Waals surface area contributed by atoms with Crippen LogP contribution in [0, 0.1) is 0 Å². The largest absolute Gasteiger partial charge is 0.438 e. The Labute approximate surface area is 140 Å². The van der Waals surface area contributed by atoms with Crippen molar-refractivity contribution >= 4 is 55.2 Å². The Morgan fingerprint density at radius 3 is 3.00 bits per heavy atom. The van der Waals surface area contributed by atoms with Crippen LogP contribution < -0.4 is 10.3 Å². The predicted molar refractivity (Wildman–Crippen MR) is 95.1 cm³/mol. The SMILES string of the molecule is CCN(CCSCCOC)c1cc(=O)c2scc(Br)c2o1. The quantitative estimate of drug-likeness (QED) is 0.639.